The molecule has 0 fully saturated rings. The number of nitrogens with one attached hydrogen (secondary N) is 1. The van der Waals surface area contributed by atoms with Crippen molar-refractivity contribution in [3.05, 3.63) is 40.4 Å². The second kappa shape index (κ2) is 5.25. The van der Waals surface area contributed by atoms with Gasteiger partial charge in [0, 0.05) is 10.8 Å². The molecule has 0 radical (unpaired) electrons. The number of thiazole rings is 1. The van der Waals surface area contributed by atoms with Gasteiger partial charge in [-0.3, -0.25) is 10.1 Å². The first-order chi connectivity index (χ1) is 9.29. The third-order valence-electron chi connectivity index (χ3n) is 2.98. The van der Waals surface area contributed by atoms with E-state index in [9.17, 15) is 9.90 Å². The van der Waals surface area contributed by atoms with Crippen molar-refractivity contribution in [2.75, 3.05) is 5.32 Å². The molecule has 1 heterocycles. The minimum atomic E-state index is -0.346. The van der Waals surface area contributed by atoms with Crippen LogP contribution in [0.2, 0.25) is 0 Å². The van der Waals surface area contributed by atoms with E-state index in [0.717, 1.165) is 5.69 Å². The van der Waals surface area contributed by atoms with Crippen LogP contribution in [0.5, 0.6) is 5.75 Å². The topological polar surface area (TPSA) is 62.2 Å². The summed E-state index contributed by atoms with van der Waals surface area (Å²) in [4.78, 5) is 16.5. The molecule has 106 valence electrons. The molecule has 1 aromatic carbocycles. The van der Waals surface area contributed by atoms with Gasteiger partial charge in [-0.1, -0.05) is 32.9 Å². The van der Waals surface area contributed by atoms with E-state index < -0.39 is 0 Å². The molecule has 0 aliphatic heterocycles. The van der Waals surface area contributed by atoms with Gasteiger partial charge in [0.15, 0.2) is 5.13 Å². The molecule has 0 aliphatic rings. The van der Waals surface area contributed by atoms with Gasteiger partial charge in [-0.15, -0.1) is 11.3 Å². The fourth-order valence-corrected chi connectivity index (χ4v) is 2.61. The van der Waals surface area contributed by atoms with Gasteiger partial charge in [-0.2, -0.15) is 0 Å². The summed E-state index contributed by atoms with van der Waals surface area (Å²) in [7, 11) is 0. The number of aromatic nitrogens is 1. The second-order valence-electron chi connectivity index (χ2n) is 5.71. The van der Waals surface area contributed by atoms with Crippen LogP contribution in [0, 0.1) is 6.92 Å². The van der Waals surface area contributed by atoms with Gasteiger partial charge in [0.1, 0.15) is 5.75 Å². The average Bonchev–Trinajstić information content (AvgIpc) is 2.81. The van der Waals surface area contributed by atoms with Crippen molar-refractivity contribution in [1.82, 2.24) is 4.98 Å². The van der Waals surface area contributed by atoms with Crippen LogP contribution < -0.4 is 5.32 Å². The Balaban J connectivity index is 2.20. The highest BCUT2D eigenvalue weighted by Gasteiger charge is 2.19. The van der Waals surface area contributed by atoms with Crippen molar-refractivity contribution in [1.29, 1.82) is 0 Å². The number of phenolic OH excluding ortho intramolecular Hbond substituents is 1. The van der Waals surface area contributed by atoms with Crippen LogP contribution in [0.3, 0.4) is 0 Å². The highest BCUT2D eigenvalue weighted by molar-refractivity contribution is 7.14. The minimum absolute atomic E-state index is 0.0117. The summed E-state index contributed by atoms with van der Waals surface area (Å²) in [5.74, 6) is -0.335. The Kier molecular flexibility index (Phi) is 3.81. The summed E-state index contributed by atoms with van der Waals surface area (Å²) < 4.78 is 0. The Labute approximate surface area is 122 Å². The Hall–Kier alpha value is -1.88. The van der Waals surface area contributed by atoms with Gasteiger partial charge in [0.2, 0.25) is 0 Å². The smallest absolute Gasteiger partial charge is 0.261 e. The Bertz CT molecular complexity index is 642. The molecule has 20 heavy (non-hydrogen) atoms. The van der Waals surface area contributed by atoms with Crippen LogP contribution in [0.4, 0.5) is 5.13 Å². The normalized spacial score (nSPS) is 11.4. The molecule has 2 N–H and O–H groups in total. The van der Waals surface area contributed by atoms with Crippen LogP contribution >= 0.6 is 11.3 Å². The van der Waals surface area contributed by atoms with E-state index >= 15 is 0 Å². The number of benzene rings is 1. The lowest BCUT2D eigenvalue weighted by Crippen LogP contribution is -2.14. The van der Waals surface area contributed by atoms with Crippen LogP contribution in [0.15, 0.2) is 23.6 Å². The largest absolute Gasteiger partial charge is 0.507 e. The van der Waals surface area contributed by atoms with E-state index in [4.69, 9.17) is 0 Å². The molecule has 1 amide bonds. The maximum absolute atomic E-state index is 12.1. The molecule has 2 rings (SSSR count). The zero-order chi connectivity index (χ0) is 14.9. The van der Waals surface area contributed by atoms with Crippen LogP contribution in [0.1, 0.15) is 42.4 Å². The van der Waals surface area contributed by atoms with E-state index in [2.05, 4.69) is 31.1 Å². The predicted molar refractivity (Wildman–Crippen MR) is 81.6 cm³/mol. The predicted octanol–water partition coefficient (Wildman–Crippen LogP) is 3.71. The summed E-state index contributed by atoms with van der Waals surface area (Å²) in [6.45, 7) is 7.97. The first-order valence-corrected chi connectivity index (χ1v) is 7.23. The Morgan fingerprint density at radius 3 is 2.65 bits per heavy atom. The first-order valence-electron chi connectivity index (χ1n) is 6.35. The molecule has 0 saturated heterocycles. The summed E-state index contributed by atoms with van der Waals surface area (Å²) >= 11 is 1.38. The molecule has 0 atom stereocenters. The zero-order valence-corrected chi connectivity index (χ0v) is 12.8. The highest BCUT2D eigenvalue weighted by atomic mass is 32.1. The molecular weight excluding hydrogens is 272 g/mol. The lowest BCUT2D eigenvalue weighted by Gasteiger charge is -2.14. The number of carbonyl (C=O) groups excluding carboxylic acids is 1. The quantitative estimate of drug-likeness (QED) is 0.886. The van der Waals surface area contributed by atoms with Gasteiger partial charge in [0.05, 0.1) is 11.3 Å². The number of amides is 1. The number of phenols is 1. The highest BCUT2D eigenvalue weighted by Crippen LogP contribution is 2.27. The fraction of sp³-hybridized carbons (Fsp3) is 0.333. The summed E-state index contributed by atoms with van der Waals surface area (Å²) in [6.07, 6.45) is 0. The molecular formula is C15H18N2O2S. The monoisotopic (exact) mass is 290 g/mol. The molecule has 0 unspecified atom stereocenters. The van der Waals surface area contributed by atoms with E-state index in [1.165, 1.54) is 11.3 Å². The lowest BCUT2D eigenvalue weighted by atomic mass is 9.93. The molecule has 1 aromatic heterocycles. The molecule has 4 nitrogen and oxygen atoms in total. The molecule has 0 saturated carbocycles. The van der Waals surface area contributed by atoms with Crippen molar-refractivity contribution < 1.29 is 9.90 Å². The van der Waals surface area contributed by atoms with Crippen molar-refractivity contribution in [3.8, 4) is 5.75 Å². The van der Waals surface area contributed by atoms with Crippen molar-refractivity contribution in [2.24, 2.45) is 0 Å². The third kappa shape index (κ3) is 2.99. The molecule has 0 bridgehead atoms. The van der Waals surface area contributed by atoms with Crippen LogP contribution in [-0.2, 0) is 5.41 Å². The number of carbonyl (C=O) groups is 1. The second-order valence-corrected chi connectivity index (χ2v) is 6.57. The molecule has 2 aromatic rings. The van der Waals surface area contributed by atoms with Crippen molar-refractivity contribution in [2.45, 2.75) is 33.1 Å². The molecule has 0 aliphatic carbocycles. The average molecular weight is 290 g/mol. The summed E-state index contributed by atoms with van der Waals surface area (Å²) in [5, 5.41) is 15.1. The minimum Gasteiger partial charge on any atom is -0.507 e. The van der Waals surface area contributed by atoms with Crippen LogP contribution in [-0.4, -0.2) is 16.0 Å². The summed E-state index contributed by atoms with van der Waals surface area (Å²) in [6, 6.07) is 5.09. The van der Waals surface area contributed by atoms with E-state index in [1.54, 1.807) is 25.1 Å². The van der Waals surface area contributed by atoms with Gasteiger partial charge >= 0.3 is 0 Å². The van der Waals surface area contributed by atoms with Gasteiger partial charge in [-0.25, -0.2) is 4.98 Å². The number of para-hydroxylation sites is 1. The Morgan fingerprint density at radius 2 is 2.05 bits per heavy atom. The zero-order valence-electron chi connectivity index (χ0n) is 12.0. The van der Waals surface area contributed by atoms with E-state index in [-0.39, 0.29) is 22.6 Å². The number of aryl methyl sites for hydroxylation is 1. The molecule has 0 spiro atoms. The lowest BCUT2D eigenvalue weighted by molar-refractivity contribution is 0.102. The van der Waals surface area contributed by atoms with Crippen LogP contribution in [0.25, 0.3) is 0 Å². The van der Waals surface area contributed by atoms with E-state index in [1.807, 2.05) is 5.38 Å². The Morgan fingerprint density at radius 1 is 1.35 bits per heavy atom. The third-order valence-corrected chi connectivity index (χ3v) is 3.73. The first kappa shape index (κ1) is 14.5. The number of aromatic hydroxyl groups is 1. The van der Waals surface area contributed by atoms with Gasteiger partial charge in [0.25, 0.3) is 5.91 Å². The fourth-order valence-electron chi connectivity index (χ4n) is 1.68. The number of rotatable bonds is 2. The summed E-state index contributed by atoms with van der Waals surface area (Å²) in [5.41, 5.74) is 1.82. The number of hydrogen-bond donors (Lipinski definition) is 2. The van der Waals surface area contributed by atoms with Gasteiger partial charge < -0.3 is 5.11 Å². The SMILES string of the molecule is Cc1cccc(C(=O)Nc2nc(C(C)(C)C)cs2)c1O. The number of hydrogen-bond acceptors (Lipinski definition) is 4. The van der Waals surface area contributed by atoms with Gasteiger partial charge in [-0.05, 0) is 18.6 Å². The number of anilines is 1. The molecule has 5 heteroatoms. The van der Waals surface area contributed by atoms with Crippen molar-refractivity contribution in [3.63, 3.8) is 0 Å². The van der Waals surface area contributed by atoms with Crippen molar-refractivity contribution >= 4 is 22.4 Å². The maximum Gasteiger partial charge on any atom is 0.261 e. The van der Waals surface area contributed by atoms with E-state index in [0.29, 0.717) is 10.7 Å². The maximum atomic E-state index is 12.1. The standard InChI is InChI=1S/C15H18N2O2S/c1-9-6-5-7-10(12(9)18)13(19)17-14-16-11(8-20-14)15(2,3)4/h5-8,18H,1-4H3,(H,16,17,19). The number of nitrogens with zero attached hydrogens (tertiary/aromatic N) is 1.